The Morgan fingerprint density at radius 2 is 1.92 bits per heavy atom. The molecule has 1 N–H and O–H groups in total. The topological polar surface area (TPSA) is 79.1 Å². The maximum absolute atomic E-state index is 11.3. The highest BCUT2D eigenvalue weighted by atomic mass is 16.3. The lowest BCUT2D eigenvalue weighted by atomic mass is 9.46. The Morgan fingerprint density at radius 3 is 2.62 bits per heavy atom. The van der Waals surface area contributed by atoms with E-state index in [9.17, 15) is 14.9 Å². The lowest BCUT2D eigenvalue weighted by Gasteiger charge is -2.59. The summed E-state index contributed by atoms with van der Waals surface area (Å²) in [4.78, 5) is 22.3. The number of fused-ring (bicyclic) bond motifs is 5. The molecule has 0 bridgehead atoms. The van der Waals surface area contributed by atoms with Gasteiger partial charge in [-0.2, -0.15) is 9.81 Å². The highest BCUT2D eigenvalue weighted by Crippen LogP contribution is 2.65. The molecular weight excluding hydrogens is 304 g/mol. The van der Waals surface area contributed by atoms with Crippen LogP contribution in [0.5, 0.6) is 0 Å². The van der Waals surface area contributed by atoms with Gasteiger partial charge in [0.1, 0.15) is 6.04 Å². The monoisotopic (exact) mass is 332 g/mol. The van der Waals surface area contributed by atoms with Gasteiger partial charge in [0.25, 0.3) is 0 Å². The van der Waals surface area contributed by atoms with E-state index in [4.69, 9.17) is 0 Å². The molecular formula is C19H28N2O3. The maximum atomic E-state index is 11.3. The van der Waals surface area contributed by atoms with Gasteiger partial charge in [-0.15, -0.1) is 0 Å². The molecule has 4 rings (SSSR count). The predicted molar refractivity (Wildman–Crippen MR) is 92.3 cm³/mol. The molecule has 2 unspecified atom stereocenters. The van der Waals surface area contributed by atoms with Crippen molar-refractivity contribution in [2.24, 2.45) is 38.9 Å². The van der Waals surface area contributed by atoms with Gasteiger partial charge in [0.05, 0.1) is 12.1 Å². The van der Waals surface area contributed by atoms with Gasteiger partial charge < -0.3 is 5.11 Å². The van der Waals surface area contributed by atoms with Gasteiger partial charge in [-0.25, -0.2) is 0 Å². The summed E-state index contributed by atoms with van der Waals surface area (Å²) in [5.41, 5.74) is 1.18. The van der Waals surface area contributed by atoms with Crippen LogP contribution in [-0.4, -0.2) is 23.3 Å². The van der Waals surface area contributed by atoms with E-state index in [1.54, 1.807) is 0 Å². The summed E-state index contributed by atoms with van der Waals surface area (Å²) in [6.07, 6.45) is 8.11. The van der Waals surface area contributed by atoms with Gasteiger partial charge in [-0.05, 0) is 73.5 Å². The van der Waals surface area contributed by atoms with Gasteiger partial charge >= 0.3 is 0 Å². The Bertz CT molecular complexity index is 591. The van der Waals surface area contributed by atoms with E-state index in [0.29, 0.717) is 18.3 Å². The lowest BCUT2D eigenvalue weighted by Crippen LogP contribution is -2.57. The maximum Gasteiger partial charge on any atom is 0.110 e. The van der Waals surface area contributed by atoms with Crippen LogP contribution in [0.25, 0.3) is 0 Å². The molecule has 0 heterocycles. The van der Waals surface area contributed by atoms with E-state index in [1.807, 2.05) is 0 Å². The number of allylic oxidation sites excluding steroid dienone is 1. The molecule has 24 heavy (non-hydrogen) atoms. The van der Waals surface area contributed by atoms with Crippen molar-refractivity contribution in [1.29, 1.82) is 0 Å². The van der Waals surface area contributed by atoms with E-state index in [2.05, 4.69) is 30.3 Å². The SMILES string of the molecule is C[C@]12CCC(N=O)C=C1CC[C@@H]1[C@@H]2[C@@H](O)C[C@]2(C)C(N=O)CC[C@@H]12. The summed E-state index contributed by atoms with van der Waals surface area (Å²) in [5.74, 6) is 1.20. The Labute approximate surface area is 143 Å². The third kappa shape index (κ3) is 2.03. The van der Waals surface area contributed by atoms with E-state index >= 15 is 0 Å². The van der Waals surface area contributed by atoms with Crippen LogP contribution in [-0.2, 0) is 0 Å². The van der Waals surface area contributed by atoms with Gasteiger partial charge in [-0.3, -0.25) is 0 Å². The minimum Gasteiger partial charge on any atom is -0.393 e. The molecule has 0 aromatic carbocycles. The van der Waals surface area contributed by atoms with Crippen LogP contribution in [0, 0.1) is 38.4 Å². The number of nitroso groups, excluding NO2 is 2. The fraction of sp³-hybridized carbons (Fsp3) is 0.895. The fourth-order valence-electron chi connectivity index (χ4n) is 7.07. The Morgan fingerprint density at radius 1 is 1.12 bits per heavy atom. The smallest absolute Gasteiger partial charge is 0.110 e. The number of nitrogens with zero attached hydrogens (tertiary/aromatic N) is 2. The van der Waals surface area contributed by atoms with Crippen molar-refractivity contribution in [3.8, 4) is 0 Å². The van der Waals surface area contributed by atoms with Gasteiger partial charge in [0.15, 0.2) is 0 Å². The van der Waals surface area contributed by atoms with Crippen molar-refractivity contribution in [2.45, 2.75) is 77.0 Å². The summed E-state index contributed by atoms with van der Waals surface area (Å²) in [7, 11) is 0. The van der Waals surface area contributed by atoms with Crippen LogP contribution in [0.4, 0.5) is 0 Å². The first-order chi connectivity index (χ1) is 11.4. The van der Waals surface area contributed by atoms with Crippen molar-refractivity contribution in [3.63, 3.8) is 0 Å². The summed E-state index contributed by atoms with van der Waals surface area (Å²) < 4.78 is 0. The minimum absolute atomic E-state index is 0.0163. The number of aliphatic hydroxyl groups excluding tert-OH is 1. The Kier molecular flexibility index (Phi) is 3.72. The van der Waals surface area contributed by atoms with Crippen LogP contribution in [0.2, 0.25) is 0 Å². The van der Waals surface area contributed by atoms with Gasteiger partial charge in [0.2, 0.25) is 0 Å². The molecule has 0 amide bonds. The molecule has 0 saturated heterocycles. The minimum atomic E-state index is -0.381. The average Bonchev–Trinajstić information content (AvgIpc) is 2.89. The second-order valence-corrected chi connectivity index (χ2v) is 9.13. The van der Waals surface area contributed by atoms with E-state index in [-0.39, 0.29) is 34.9 Å². The molecule has 4 aliphatic carbocycles. The third-order valence-corrected chi connectivity index (χ3v) is 8.23. The van der Waals surface area contributed by atoms with Crippen LogP contribution >= 0.6 is 0 Å². The molecule has 0 aromatic rings. The summed E-state index contributed by atoms with van der Waals surface area (Å²) in [6.45, 7) is 4.46. The first-order valence-electron chi connectivity index (χ1n) is 9.48. The zero-order valence-electron chi connectivity index (χ0n) is 14.6. The molecule has 132 valence electrons. The summed E-state index contributed by atoms with van der Waals surface area (Å²) in [6, 6.07) is -0.330. The molecule has 5 nitrogen and oxygen atoms in total. The van der Waals surface area contributed by atoms with Crippen molar-refractivity contribution < 1.29 is 5.11 Å². The van der Waals surface area contributed by atoms with Crippen LogP contribution in [0.1, 0.15) is 58.8 Å². The molecule has 0 radical (unpaired) electrons. The normalized spacial score (nSPS) is 53.4. The number of rotatable bonds is 2. The van der Waals surface area contributed by atoms with Crippen LogP contribution < -0.4 is 0 Å². The predicted octanol–water partition coefficient (Wildman–Crippen LogP) is 4.19. The Balaban J connectivity index is 1.71. The average molecular weight is 332 g/mol. The molecule has 3 saturated carbocycles. The van der Waals surface area contributed by atoms with E-state index < -0.39 is 0 Å². The molecule has 0 aromatic heterocycles. The van der Waals surface area contributed by atoms with Crippen molar-refractivity contribution in [3.05, 3.63) is 21.5 Å². The Hall–Kier alpha value is -1.10. The zero-order chi connectivity index (χ0) is 17.1. The summed E-state index contributed by atoms with van der Waals surface area (Å²) in [5, 5.41) is 17.8. The van der Waals surface area contributed by atoms with Crippen molar-refractivity contribution in [1.82, 2.24) is 0 Å². The number of hydrogen-bond acceptors (Lipinski definition) is 5. The van der Waals surface area contributed by atoms with Crippen LogP contribution in [0.3, 0.4) is 0 Å². The zero-order valence-corrected chi connectivity index (χ0v) is 14.6. The standard InChI is InChI=1S/C19H28N2O3/c1-18-8-7-12(20-23)9-11(18)3-4-13-14-5-6-16(21-24)19(14,2)10-15(22)17(13)18/h9,12-17,22H,3-8,10H2,1-2H3/t12?,13-,14-,15-,16?,17+,18-,19-/m0/s1. The van der Waals surface area contributed by atoms with E-state index in [0.717, 1.165) is 38.5 Å². The third-order valence-electron chi connectivity index (χ3n) is 8.23. The molecule has 3 fully saturated rings. The van der Waals surface area contributed by atoms with Crippen molar-refractivity contribution in [2.75, 3.05) is 0 Å². The van der Waals surface area contributed by atoms with Crippen molar-refractivity contribution >= 4 is 0 Å². The second kappa shape index (κ2) is 5.45. The molecule has 0 spiro atoms. The first-order valence-corrected chi connectivity index (χ1v) is 9.48. The highest BCUT2D eigenvalue weighted by molar-refractivity contribution is 5.27. The van der Waals surface area contributed by atoms with Gasteiger partial charge in [-0.1, -0.05) is 35.9 Å². The number of aliphatic hydroxyl groups is 1. The fourth-order valence-corrected chi connectivity index (χ4v) is 7.07. The number of hydrogen-bond donors (Lipinski definition) is 1. The largest absolute Gasteiger partial charge is 0.393 e. The lowest BCUT2D eigenvalue weighted by molar-refractivity contribution is -0.121. The first kappa shape index (κ1) is 16.4. The molecule has 4 aliphatic rings. The summed E-state index contributed by atoms with van der Waals surface area (Å²) >= 11 is 0. The highest BCUT2D eigenvalue weighted by Gasteiger charge is 2.62. The van der Waals surface area contributed by atoms with Gasteiger partial charge in [0, 0.05) is 0 Å². The van der Waals surface area contributed by atoms with E-state index in [1.165, 1.54) is 5.57 Å². The quantitative estimate of drug-likeness (QED) is 0.608. The molecule has 8 atom stereocenters. The molecule has 0 aliphatic heterocycles. The van der Waals surface area contributed by atoms with Crippen LogP contribution in [0.15, 0.2) is 22.0 Å². The second-order valence-electron chi connectivity index (χ2n) is 9.13. The molecule has 5 heteroatoms.